The molecule has 2 unspecified atom stereocenters. The number of amides is 2. The largest absolute Gasteiger partial charge is 0.466 e. The zero-order chi connectivity index (χ0) is 26.2. The molecular formula is C27H46N2O6. The van der Waals surface area contributed by atoms with E-state index in [1.165, 1.54) is 0 Å². The molecule has 0 aromatic heterocycles. The number of hydrogen-bond donors (Lipinski definition) is 2. The number of nitrogens with one attached hydrogen (secondary N) is 1. The smallest absolute Gasteiger partial charge is 0.312 e. The number of unbranched alkanes of at least 4 members (excludes halogenated alkanes) is 2. The Labute approximate surface area is 210 Å². The van der Waals surface area contributed by atoms with Crippen LogP contribution in [0.2, 0.25) is 0 Å². The SMILES string of the molecule is CCOC(=O)[C@H]1[C@H]2C(=O)N(CCCCCO)C(C(=O)NC(C)(C)CC(C)(C)C)C23CC[C@]1(CC)O3. The van der Waals surface area contributed by atoms with Crippen LogP contribution in [0.1, 0.15) is 93.4 Å². The maximum Gasteiger partial charge on any atom is 0.312 e. The van der Waals surface area contributed by atoms with Crippen LogP contribution in [-0.2, 0) is 23.9 Å². The first-order chi connectivity index (χ1) is 16.3. The third-order valence-corrected chi connectivity index (χ3v) is 7.96. The maximum absolute atomic E-state index is 14.0. The van der Waals surface area contributed by atoms with Gasteiger partial charge in [0, 0.05) is 18.7 Å². The Bertz CT molecular complexity index is 821. The predicted molar refractivity (Wildman–Crippen MR) is 132 cm³/mol. The molecule has 2 bridgehead atoms. The van der Waals surface area contributed by atoms with Gasteiger partial charge in [0.25, 0.3) is 0 Å². The Morgan fingerprint density at radius 2 is 1.83 bits per heavy atom. The molecule has 0 aromatic carbocycles. The van der Waals surface area contributed by atoms with Crippen molar-refractivity contribution in [3.05, 3.63) is 0 Å². The first kappa shape index (κ1) is 27.9. The van der Waals surface area contributed by atoms with Gasteiger partial charge in [0.05, 0.1) is 18.1 Å². The normalized spacial score (nSPS) is 32.2. The number of carbonyl (C=O) groups excluding carboxylic acids is 3. The molecule has 3 fully saturated rings. The lowest BCUT2D eigenvalue weighted by atomic mass is 9.65. The van der Waals surface area contributed by atoms with Gasteiger partial charge < -0.3 is 24.8 Å². The van der Waals surface area contributed by atoms with Crippen molar-refractivity contribution in [2.24, 2.45) is 17.3 Å². The summed E-state index contributed by atoms with van der Waals surface area (Å²) >= 11 is 0. The van der Waals surface area contributed by atoms with E-state index in [0.29, 0.717) is 38.6 Å². The summed E-state index contributed by atoms with van der Waals surface area (Å²) in [6.07, 6.45) is 4.62. The molecule has 200 valence electrons. The molecule has 0 aromatic rings. The number of ether oxygens (including phenoxy) is 2. The van der Waals surface area contributed by atoms with Crippen molar-refractivity contribution in [3.63, 3.8) is 0 Å². The number of esters is 1. The molecule has 3 heterocycles. The van der Waals surface area contributed by atoms with Crippen molar-refractivity contribution in [1.29, 1.82) is 0 Å². The fourth-order valence-electron chi connectivity index (χ4n) is 7.19. The highest BCUT2D eigenvalue weighted by molar-refractivity contribution is 5.98. The van der Waals surface area contributed by atoms with E-state index in [2.05, 4.69) is 26.1 Å². The quantitative estimate of drug-likeness (QED) is 0.338. The monoisotopic (exact) mass is 494 g/mol. The summed E-state index contributed by atoms with van der Waals surface area (Å²) < 4.78 is 12.1. The van der Waals surface area contributed by atoms with Crippen LogP contribution in [0.15, 0.2) is 0 Å². The van der Waals surface area contributed by atoms with Crippen LogP contribution in [0.25, 0.3) is 0 Å². The molecule has 0 saturated carbocycles. The van der Waals surface area contributed by atoms with Crippen LogP contribution in [0, 0.1) is 17.3 Å². The topological polar surface area (TPSA) is 105 Å². The summed E-state index contributed by atoms with van der Waals surface area (Å²) in [5, 5.41) is 12.4. The molecule has 5 atom stereocenters. The number of fused-ring (bicyclic) bond motifs is 1. The van der Waals surface area contributed by atoms with Crippen molar-refractivity contribution in [2.75, 3.05) is 19.8 Å². The molecule has 3 aliphatic rings. The molecule has 35 heavy (non-hydrogen) atoms. The lowest BCUT2D eigenvalue weighted by molar-refractivity contribution is -0.160. The average molecular weight is 495 g/mol. The minimum atomic E-state index is -1.02. The van der Waals surface area contributed by atoms with Crippen LogP contribution < -0.4 is 5.32 Å². The van der Waals surface area contributed by atoms with Crippen LogP contribution in [-0.4, -0.2) is 70.3 Å². The molecule has 3 saturated heterocycles. The summed E-state index contributed by atoms with van der Waals surface area (Å²) in [6.45, 7) is 14.9. The molecule has 8 nitrogen and oxygen atoms in total. The van der Waals surface area contributed by atoms with E-state index in [9.17, 15) is 19.5 Å². The third-order valence-electron chi connectivity index (χ3n) is 7.96. The van der Waals surface area contributed by atoms with Gasteiger partial charge in [-0.05, 0) is 71.1 Å². The van der Waals surface area contributed by atoms with Crippen LogP contribution in [0.4, 0.5) is 0 Å². The lowest BCUT2D eigenvalue weighted by Crippen LogP contribution is -2.59. The highest BCUT2D eigenvalue weighted by Crippen LogP contribution is 2.64. The maximum atomic E-state index is 14.0. The van der Waals surface area contributed by atoms with Gasteiger partial charge in [0.2, 0.25) is 11.8 Å². The second-order valence-electron chi connectivity index (χ2n) is 12.5. The van der Waals surface area contributed by atoms with Crippen molar-refractivity contribution < 1.29 is 29.0 Å². The lowest BCUT2D eigenvalue weighted by Gasteiger charge is -2.38. The van der Waals surface area contributed by atoms with Gasteiger partial charge in [-0.3, -0.25) is 14.4 Å². The van der Waals surface area contributed by atoms with E-state index in [1.54, 1.807) is 11.8 Å². The van der Waals surface area contributed by atoms with Gasteiger partial charge in [-0.15, -0.1) is 0 Å². The molecule has 8 heteroatoms. The number of likely N-dealkylation sites (tertiary alicyclic amines) is 1. The van der Waals surface area contributed by atoms with Crippen molar-refractivity contribution in [1.82, 2.24) is 10.2 Å². The fraction of sp³-hybridized carbons (Fsp3) is 0.889. The third kappa shape index (κ3) is 5.10. The van der Waals surface area contributed by atoms with Crippen LogP contribution in [0.5, 0.6) is 0 Å². The van der Waals surface area contributed by atoms with E-state index < -0.39 is 40.6 Å². The zero-order valence-electron chi connectivity index (χ0n) is 22.7. The number of carbonyl (C=O) groups is 3. The fourth-order valence-corrected chi connectivity index (χ4v) is 7.19. The molecule has 1 spiro atoms. The Balaban J connectivity index is 1.98. The highest BCUT2D eigenvalue weighted by atomic mass is 16.6. The molecular weight excluding hydrogens is 448 g/mol. The first-order valence-electron chi connectivity index (χ1n) is 13.4. The standard InChI is InChI=1S/C27H46N2O6/c1-8-26-13-14-27(35-26)18(19(26)23(33)34-9-2)22(32)29(15-11-10-12-16-30)20(27)21(31)28-25(6,7)17-24(3,4)5/h18-20,30H,8-17H2,1-7H3,(H,28,31)/t18-,19+,20?,26-,27?/m0/s1. The molecule has 0 radical (unpaired) electrons. The predicted octanol–water partition coefficient (Wildman–Crippen LogP) is 3.20. The molecule has 2 amide bonds. The Kier molecular flexibility index (Phi) is 7.98. The number of hydrogen-bond acceptors (Lipinski definition) is 6. The Hall–Kier alpha value is -1.67. The molecule has 2 N–H and O–H groups in total. The minimum Gasteiger partial charge on any atom is -0.466 e. The average Bonchev–Trinajstić information content (AvgIpc) is 3.33. The summed E-state index contributed by atoms with van der Waals surface area (Å²) in [7, 11) is 0. The number of rotatable bonds is 11. The van der Waals surface area contributed by atoms with Gasteiger partial charge in [-0.2, -0.15) is 0 Å². The second kappa shape index (κ2) is 10.0. The summed E-state index contributed by atoms with van der Waals surface area (Å²) in [4.78, 5) is 42.7. The Morgan fingerprint density at radius 3 is 2.40 bits per heavy atom. The summed E-state index contributed by atoms with van der Waals surface area (Å²) in [5.74, 6) is -2.21. The Morgan fingerprint density at radius 1 is 1.14 bits per heavy atom. The van der Waals surface area contributed by atoms with Gasteiger partial charge in [0.15, 0.2) is 0 Å². The molecule has 3 rings (SSSR count). The van der Waals surface area contributed by atoms with Gasteiger partial charge in [-0.25, -0.2) is 0 Å². The van der Waals surface area contributed by atoms with Gasteiger partial charge in [-0.1, -0.05) is 27.7 Å². The van der Waals surface area contributed by atoms with E-state index in [4.69, 9.17) is 9.47 Å². The summed E-state index contributed by atoms with van der Waals surface area (Å²) in [6, 6.07) is -0.791. The van der Waals surface area contributed by atoms with Gasteiger partial charge in [0.1, 0.15) is 17.6 Å². The van der Waals surface area contributed by atoms with Gasteiger partial charge >= 0.3 is 5.97 Å². The number of aliphatic hydroxyl groups excluding tert-OH is 1. The summed E-state index contributed by atoms with van der Waals surface area (Å²) in [5.41, 5.74) is -2.26. The molecule has 0 aliphatic carbocycles. The molecule has 3 aliphatic heterocycles. The number of nitrogens with zero attached hydrogens (tertiary/aromatic N) is 1. The second-order valence-corrected chi connectivity index (χ2v) is 12.5. The van der Waals surface area contributed by atoms with E-state index in [0.717, 1.165) is 12.8 Å². The number of aliphatic hydroxyl groups is 1. The van der Waals surface area contributed by atoms with Crippen molar-refractivity contribution >= 4 is 17.8 Å². The van der Waals surface area contributed by atoms with E-state index in [-0.39, 0.29) is 30.4 Å². The highest BCUT2D eigenvalue weighted by Gasteiger charge is 2.79. The first-order valence-corrected chi connectivity index (χ1v) is 13.4. The van der Waals surface area contributed by atoms with E-state index in [1.807, 2.05) is 20.8 Å². The zero-order valence-corrected chi connectivity index (χ0v) is 22.7. The van der Waals surface area contributed by atoms with E-state index >= 15 is 0 Å². The van der Waals surface area contributed by atoms with Crippen LogP contribution in [0.3, 0.4) is 0 Å². The van der Waals surface area contributed by atoms with Crippen molar-refractivity contribution in [3.8, 4) is 0 Å². The minimum absolute atomic E-state index is 0.0106. The van der Waals surface area contributed by atoms with Crippen molar-refractivity contribution in [2.45, 2.75) is 116 Å². The van der Waals surface area contributed by atoms with Crippen LogP contribution >= 0.6 is 0 Å².